The lowest BCUT2D eigenvalue weighted by molar-refractivity contribution is -0.121. The molecule has 0 aliphatic carbocycles. The van der Waals surface area contributed by atoms with Crippen LogP contribution < -0.4 is 5.32 Å². The van der Waals surface area contributed by atoms with E-state index in [2.05, 4.69) is 53.7 Å². The summed E-state index contributed by atoms with van der Waals surface area (Å²) in [6.45, 7) is 8.87. The Labute approximate surface area is 124 Å². The van der Waals surface area contributed by atoms with Crippen molar-refractivity contribution in [1.29, 1.82) is 0 Å². The summed E-state index contributed by atoms with van der Waals surface area (Å²) < 4.78 is 1.48. The van der Waals surface area contributed by atoms with Gasteiger partial charge in [0.1, 0.15) is 12.4 Å². The lowest BCUT2D eigenvalue weighted by atomic mass is 9.97. The van der Waals surface area contributed by atoms with Gasteiger partial charge < -0.3 is 5.32 Å². The Kier molecular flexibility index (Phi) is 4.67. The molecule has 21 heavy (non-hydrogen) atoms. The number of nitrogens with one attached hydrogen (secondary N) is 1. The third-order valence-electron chi connectivity index (χ3n) is 3.54. The van der Waals surface area contributed by atoms with Gasteiger partial charge in [-0.25, -0.2) is 4.68 Å². The Balaban J connectivity index is 1.87. The molecular weight excluding hydrogens is 266 g/mol. The minimum atomic E-state index is -0.0761. The molecule has 2 rings (SSSR count). The van der Waals surface area contributed by atoms with E-state index >= 15 is 0 Å². The number of hydrogen-bond acceptors (Lipinski definition) is 4. The Bertz CT molecular complexity index is 624. The van der Waals surface area contributed by atoms with Crippen molar-refractivity contribution in [2.24, 2.45) is 0 Å². The first-order chi connectivity index (χ1) is 9.97. The van der Waals surface area contributed by atoms with Crippen LogP contribution >= 0.6 is 0 Å². The van der Waals surface area contributed by atoms with Crippen LogP contribution in [0, 0.1) is 27.7 Å². The zero-order valence-corrected chi connectivity index (χ0v) is 13.0. The summed E-state index contributed by atoms with van der Waals surface area (Å²) in [6.07, 6.45) is 0.832. The molecule has 0 aliphatic rings. The van der Waals surface area contributed by atoms with Gasteiger partial charge in [0.25, 0.3) is 0 Å². The number of rotatable bonds is 5. The normalized spacial score (nSPS) is 10.7. The van der Waals surface area contributed by atoms with Crippen molar-refractivity contribution in [3.8, 4) is 0 Å². The van der Waals surface area contributed by atoms with Crippen LogP contribution in [0.5, 0.6) is 0 Å². The highest BCUT2D eigenvalue weighted by Crippen LogP contribution is 2.16. The number of hydrogen-bond donors (Lipinski definition) is 1. The van der Waals surface area contributed by atoms with E-state index < -0.39 is 0 Å². The molecule has 1 aromatic carbocycles. The van der Waals surface area contributed by atoms with E-state index in [1.165, 1.54) is 26.9 Å². The first-order valence-corrected chi connectivity index (χ1v) is 7.03. The van der Waals surface area contributed by atoms with Gasteiger partial charge in [-0.15, -0.1) is 5.10 Å². The van der Waals surface area contributed by atoms with Gasteiger partial charge in [0.05, 0.1) is 0 Å². The fourth-order valence-corrected chi connectivity index (χ4v) is 2.52. The third-order valence-corrected chi connectivity index (χ3v) is 3.54. The van der Waals surface area contributed by atoms with E-state index in [1.54, 1.807) is 6.92 Å². The Hall–Kier alpha value is -2.24. The van der Waals surface area contributed by atoms with Gasteiger partial charge in [0.2, 0.25) is 5.91 Å². The van der Waals surface area contributed by atoms with E-state index in [4.69, 9.17) is 0 Å². The van der Waals surface area contributed by atoms with E-state index in [-0.39, 0.29) is 12.5 Å². The zero-order chi connectivity index (χ0) is 15.4. The quantitative estimate of drug-likeness (QED) is 0.898. The molecule has 0 spiro atoms. The molecule has 0 unspecified atom stereocenters. The van der Waals surface area contributed by atoms with E-state index in [0.29, 0.717) is 12.4 Å². The van der Waals surface area contributed by atoms with Crippen molar-refractivity contribution in [2.75, 3.05) is 6.54 Å². The van der Waals surface area contributed by atoms with Crippen LogP contribution in [0.4, 0.5) is 0 Å². The fourth-order valence-electron chi connectivity index (χ4n) is 2.52. The summed E-state index contributed by atoms with van der Waals surface area (Å²) in [5.74, 6) is 0.559. The number of aromatic nitrogens is 4. The summed E-state index contributed by atoms with van der Waals surface area (Å²) in [6, 6.07) is 4.35. The molecule has 0 saturated heterocycles. The maximum absolute atomic E-state index is 11.8. The number of aryl methyl sites for hydroxylation is 4. The van der Waals surface area contributed by atoms with Crippen LogP contribution in [0.15, 0.2) is 12.1 Å². The smallest absolute Gasteiger partial charge is 0.241 e. The first-order valence-electron chi connectivity index (χ1n) is 7.03. The predicted molar refractivity (Wildman–Crippen MR) is 79.9 cm³/mol. The molecule has 0 bridgehead atoms. The highest BCUT2D eigenvalue weighted by atomic mass is 16.2. The summed E-state index contributed by atoms with van der Waals surface area (Å²) in [5, 5.41) is 13.9. The van der Waals surface area contributed by atoms with Gasteiger partial charge in [-0.05, 0) is 61.2 Å². The van der Waals surface area contributed by atoms with Gasteiger partial charge in [-0.3, -0.25) is 4.79 Å². The van der Waals surface area contributed by atoms with Crippen LogP contribution in [0.1, 0.15) is 28.1 Å². The second kappa shape index (κ2) is 6.47. The van der Waals surface area contributed by atoms with Crippen LogP contribution in [-0.4, -0.2) is 32.7 Å². The average Bonchev–Trinajstić information content (AvgIpc) is 2.78. The topological polar surface area (TPSA) is 72.7 Å². The molecule has 0 aliphatic heterocycles. The number of nitrogens with zero attached hydrogens (tertiary/aromatic N) is 4. The van der Waals surface area contributed by atoms with Crippen LogP contribution in [0.25, 0.3) is 0 Å². The molecule has 6 nitrogen and oxygen atoms in total. The van der Waals surface area contributed by atoms with Crippen LogP contribution in [0.2, 0.25) is 0 Å². The van der Waals surface area contributed by atoms with Gasteiger partial charge >= 0.3 is 0 Å². The lowest BCUT2D eigenvalue weighted by Gasteiger charge is -2.12. The predicted octanol–water partition coefficient (Wildman–Crippen LogP) is 1.27. The third kappa shape index (κ3) is 3.87. The van der Waals surface area contributed by atoms with Crippen LogP contribution in [-0.2, 0) is 17.8 Å². The standard InChI is InChI=1S/C15H21N5O/c1-10-7-11(2)14(12(3)8-10)5-6-16-15(21)9-20-13(4)17-18-19-20/h7-8H,5-6,9H2,1-4H3,(H,16,21). The fraction of sp³-hybridized carbons (Fsp3) is 0.467. The van der Waals surface area contributed by atoms with E-state index in [9.17, 15) is 4.79 Å². The van der Waals surface area contributed by atoms with Crippen molar-refractivity contribution in [3.05, 3.63) is 40.2 Å². The number of carbonyl (C=O) groups is 1. The number of tetrazole rings is 1. The number of carbonyl (C=O) groups excluding carboxylic acids is 1. The highest BCUT2D eigenvalue weighted by Gasteiger charge is 2.08. The van der Waals surface area contributed by atoms with Gasteiger partial charge in [0, 0.05) is 6.54 Å². The molecule has 1 N–H and O–H groups in total. The van der Waals surface area contributed by atoms with Gasteiger partial charge in [0.15, 0.2) is 0 Å². The van der Waals surface area contributed by atoms with Crippen molar-refractivity contribution >= 4 is 5.91 Å². The second-order valence-corrected chi connectivity index (χ2v) is 5.36. The lowest BCUT2D eigenvalue weighted by Crippen LogP contribution is -2.30. The summed E-state index contributed by atoms with van der Waals surface area (Å²) in [5.41, 5.74) is 5.13. The molecule has 1 amide bonds. The van der Waals surface area contributed by atoms with E-state index in [1.807, 2.05) is 0 Å². The minimum Gasteiger partial charge on any atom is -0.354 e. The molecule has 1 heterocycles. The van der Waals surface area contributed by atoms with Gasteiger partial charge in [-0.2, -0.15) is 0 Å². The minimum absolute atomic E-state index is 0.0761. The largest absolute Gasteiger partial charge is 0.354 e. The van der Waals surface area contributed by atoms with Crippen molar-refractivity contribution in [3.63, 3.8) is 0 Å². The van der Waals surface area contributed by atoms with Gasteiger partial charge in [-0.1, -0.05) is 17.7 Å². The molecule has 6 heteroatoms. The van der Waals surface area contributed by atoms with Crippen molar-refractivity contribution < 1.29 is 4.79 Å². The molecular formula is C15H21N5O. The molecule has 1 aromatic heterocycles. The molecule has 0 atom stereocenters. The molecule has 2 aromatic rings. The number of benzene rings is 1. The van der Waals surface area contributed by atoms with Crippen molar-refractivity contribution in [2.45, 2.75) is 40.7 Å². The average molecular weight is 287 g/mol. The summed E-state index contributed by atoms with van der Waals surface area (Å²) >= 11 is 0. The number of amides is 1. The summed E-state index contributed by atoms with van der Waals surface area (Å²) in [4.78, 5) is 11.8. The summed E-state index contributed by atoms with van der Waals surface area (Å²) in [7, 11) is 0. The Morgan fingerprint density at radius 1 is 1.19 bits per heavy atom. The monoisotopic (exact) mass is 287 g/mol. The maximum atomic E-state index is 11.8. The SMILES string of the molecule is Cc1cc(C)c(CCNC(=O)Cn2nnnc2C)c(C)c1. The highest BCUT2D eigenvalue weighted by molar-refractivity contribution is 5.75. The van der Waals surface area contributed by atoms with Crippen molar-refractivity contribution in [1.82, 2.24) is 25.5 Å². The Morgan fingerprint density at radius 3 is 2.43 bits per heavy atom. The molecule has 0 radical (unpaired) electrons. The van der Waals surface area contributed by atoms with Crippen LogP contribution in [0.3, 0.4) is 0 Å². The Morgan fingerprint density at radius 2 is 1.86 bits per heavy atom. The zero-order valence-electron chi connectivity index (χ0n) is 13.0. The molecule has 0 saturated carbocycles. The molecule has 0 fully saturated rings. The molecule has 112 valence electrons. The first kappa shape index (κ1) is 15.2. The second-order valence-electron chi connectivity index (χ2n) is 5.36. The van der Waals surface area contributed by atoms with E-state index in [0.717, 1.165) is 6.42 Å². The maximum Gasteiger partial charge on any atom is 0.241 e.